The monoisotopic (exact) mass is 354 g/mol. The lowest BCUT2D eigenvalue weighted by Gasteiger charge is -2.08. The topological polar surface area (TPSA) is 59.8 Å². The summed E-state index contributed by atoms with van der Waals surface area (Å²) in [5.41, 5.74) is 3.75. The molecular weight excluding hydrogens is 332 g/mol. The van der Waals surface area contributed by atoms with Crippen LogP contribution in [0.25, 0.3) is 0 Å². The summed E-state index contributed by atoms with van der Waals surface area (Å²) < 4.78 is 1.90. The van der Waals surface area contributed by atoms with Gasteiger partial charge in [-0.2, -0.15) is 5.10 Å². The van der Waals surface area contributed by atoms with E-state index in [9.17, 15) is 4.79 Å². The summed E-state index contributed by atoms with van der Waals surface area (Å²) >= 11 is 1.51. The van der Waals surface area contributed by atoms with Gasteiger partial charge in [-0.15, -0.1) is 11.3 Å². The molecule has 0 radical (unpaired) electrons. The number of anilines is 1. The van der Waals surface area contributed by atoms with E-state index in [1.807, 2.05) is 36.7 Å². The van der Waals surface area contributed by atoms with Crippen molar-refractivity contribution in [3.05, 3.63) is 63.9 Å². The maximum atomic E-state index is 12.7. The SMILES string of the molecule is CCc1nc(NC(=O)c2cnn(Cc3ccccc3)c2CC)sc1C. The molecule has 0 unspecified atom stereocenters. The number of carbonyl (C=O) groups is 1. The van der Waals surface area contributed by atoms with Gasteiger partial charge in [0.2, 0.25) is 0 Å². The highest BCUT2D eigenvalue weighted by atomic mass is 32.1. The van der Waals surface area contributed by atoms with E-state index in [1.54, 1.807) is 6.20 Å². The summed E-state index contributed by atoms with van der Waals surface area (Å²) in [5.74, 6) is -0.146. The number of aryl methyl sites for hydroxylation is 2. The van der Waals surface area contributed by atoms with Crippen LogP contribution in [0.4, 0.5) is 5.13 Å². The number of thiazole rings is 1. The minimum atomic E-state index is -0.146. The van der Waals surface area contributed by atoms with Gasteiger partial charge in [0.1, 0.15) is 0 Å². The van der Waals surface area contributed by atoms with E-state index in [2.05, 4.69) is 34.5 Å². The summed E-state index contributed by atoms with van der Waals surface area (Å²) in [7, 11) is 0. The molecular formula is C19H22N4OS. The van der Waals surface area contributed by atoms with Crippen LogP contribution in [0.15, 0.2) is 36.5 Å². The molecule has 25 heavy (non-hydrogen) atoms. The zero-order chi connectivity index (χ0) is 17.8. The zero-order valence-electron chi connectivity index (χ0n) is 14.7. The van der Waals surface area contributed by atoms with Gasteiger partial charge in [0.15, 0.2) is 5.13 Å². The Bertz CT molecular complexity index is 867. The molecule has 2 heterocycles. The Kier molecular flexibility index (Phi) is 5.28. The van der Waals surface area contributed by atoms with Crippen molar-refractivity contribution in [2.45, 2.75) is 40.2 Å². The van der Waals surface area contributed by atoms with Crippen LogP contribution in [0, 0.1) is 6.92 Å². The van der Waals surface area contributed by atoms with E-state index in [-0.39, 0.29) is 5.91 Å². The molecule has 0 fully saturated rings. The summed E-state index contributed by atoms with van der Waals surface area (Å²) in [6.45, 7) is 6.80. The van der Waals surface area contributed by atoms with Gasteiger partial charge in [-0.1, -0.05) is 44.2 Å². The first-order valence-electron chi connectivity index (χ1n) is 8.48. The first-order chi connectivity index (χ1) is 12.1. The molecule has 5 nitrogen and oxygen atoms in total. The van der Waals surface area contributed by atoms with Gasteiger partial charge in [0.05, 0.1) is 29.7 Å². The Labute approximate surface area is 151 Å². The summed E-state index contributed by atoms with van der Waals surface area (Å²) in [6.07, 6.45) is 3.26. The van der Waals surface area contributed by atoms with Gasteiger partial charge in [0.25, 0.3) is 5.91 Å². The molecule has 3 rings (SSSR count). The first kappa shape index (κ1) is 17.4. The molecule has 0 atom stereocenters. The van der Waals surface area contributed by atoms with Gasteiger partial charge >= 0.3 is 0 Å². The van der Waals surface area contributed by atoms with E-state index in [0.29, 0.717) is 17.2 Å². The number of nitrogens with one attached hydrogen (secondary N) is 1. The molecule has 130 valence electrons. The van der Waals surface area contributed by atoms with E-state index in [4.69, 9.17) is 0 Å². The predicted molar refractivity (Wildman–Crippen MR) is 101 cm³/mol. The van der Waals surface area contributed by atoms with Gasteiger partial charge in [-0.05, 0) is 25.3 Å². The molecule has 1 aromatic carbocycles. The van der Waals surface area contributed by atoms with Crippen LogP contribution in [0.2, 0.25) is 0 Å². The molecule has 0 aliphatic rings. The number of hydrogen-bond donors (Lipinski definition) is 1. The molecule has 0 bridgehead atoms. The molecule has 6 heteroatoms. The normalized spacial score (nSPS) is 10.8. The van der Waals surface area contributed by atoms with Crippen molar-refractivity contribution in [3.8, 4) is 0 Å². The van der Waals surface area contributed by atoms with Crippen LogP contribution < -0.4 is 5.32 Å². The lowest BCUT2D eigenvalue weighted by atomic mass is 10.2. The van der Waals surface area contributed by atoms with Crippen LogP contribution in [0.5, 0.6) is 0 Å². The van der Waals surface area contributed by atoms with E-state index in [0.717, 1.165) is 34.7 Å². The largest absolute Gasteiger partial charge is 0.298 e. The molecule has 3 aromatic rings. The third-order valence-electron chi connectivity index (χ3n) is 4.15. The number of amides is 1. The van der Waals surface area contributed by atoms with Crippen molar-refractivity contribution in [2.24, 2.45) is 0 Å². The Morgan fingerprint density at radius 3 is 2.60 bits per heavy atom. The second-order valence-electron chi connectivity index (χ2n) is 5.83. The highest BCUT2D eigenvalue weighted by molar-refractivity contribution is 7.15. The van der Waals surface area contributed by atoms with Crippen LogP contribution in [0.3, 0.4) is 0 Å². The Morgan fingerprint density at radius 2 is 1.96 bits per heavy atom. The molecule has 2 aromatic heterocycles. The van der Waals surface area contributed by atoms with Crippen molar-refractivity contribution in [1.82, 2.24) is 14.8 Å². The summed E-state index contributed by atoms with van der Waals surface area (Å²) in [4.78, 5) is 18.3. The average molecular weight is 354 g/mol. The second-order valence-corrected chi connectivity index (χ2v) is 7.03. The molecule has 0 saturated carbocycles. The smallest absolute Gasteiger partial charge is 0.260 e. The first-order valence-corrected chi connectivity index (χ1v) is 9.30. The fourth-order valence-corrected chi connectivity index (χ4v) is 3.74. The number of aromatic nitrogens is 3. The number of hydrogen-bond acceptors (Lipinski definition) is 4. The maximum Gasteiger partial charge on any atom is 0.260 e. The zero-order valence-corrected chi connectivity index (χ0v) is 15.6. The minimum Gasteiger partial charge on any atom is -0.298 e. The number of carbonyl (C=O) groups excluding carboxylic acids is 1. The predicted octanol–water partition coefficient (Wildman–Crippen LogP) is 4.07. The quantitative estimate of drug-likeness (QED) is 0.726. The highest BCUT2D eigenvalue weighted by Gasteiger charge is 2.18. The van der Waals surface area contributed by atoms with Crippen LogP contribution in [-0.2, 0) is 19.4 Å². The maximum absolute atomic E-state index is 12.7. The van der Waals surface area contributed by atoms with Gasteiger partial charge in [-0.25, -0.2) is 4.98 Å². The van der Waals surface area contributed by atoms with E-state index in [1.165, 1.54) is 11.3 Å². The van der Waals surface area contributed by atoms with Crippen molar-refractivity contribution in [1.29, 1.82) is 0 Å². The van der Waals surface area contributed by atoms with Crippen LogP contribution >= 0.6 is 11.3 Å². The third kappa shape index (κ3) is 3.79. The fourth-order valence-electron chi connectivity index (χ4n) is 2.84. The molecule has 0 aliphatic carbocycles. The summed E-state index contributed by atoms with van der Waals surface area (Å²) in [6, 6.07) is 10.1. The molecule has 0 saturated heterocycles. The van der Waals surface area contributed by atoms with Crippen molar-refractivity contribution >= 4 is 22.4 Å². The Balaban J connectivity index is 1.80. The van der Waals surface area contributed by atoms with Gasteiger partial charge in [-0.3, -0.25) is 14.8 Å². The van der Waals surface area contributed by atoms with E-state index < -0.39 is 0 Å². The molecule has 1 amide bonds. The molecule has 1 N–H and O–H groups in total. The standard InChI is InChI=1S/C19H22N4OS/c1-4-16-13(3)25-19(21-16)22-18(24)15-11-20-23(17(15)5-2)12-14-9-7-6-8-10-14/h6-11H,4-5,12H2,1-3H3,(H,21,22,24). The third-order valence-corrected chi connectivity index (χ3v) is 5.08. The van der Waals surface area contributed by atoms with Crippen molar-refractivity contribution in [3.63, 3.8) is 0 Å². The number of rotatable bonds is 6. The van der Waals surface area contributed by atoms with Gasteiger partial charge < -0.3 is 0 Å². The Morgan fingerprint density at radius 1 is 1.20 bits per heavy atom. The van der Waals surface area contributed by atoms with Gasteiger partial charge in [0, 0.05) is 4.88 Å². The van der Waals surface area contributed by atoms with Crippen molar-refractivity contribution in [2.75, 3.05) is 5.32 Å². The molecule has 0 spiro atoms. The fraction of sp³-hybridized carbons (Fsp3) is 0.316. The molecule has 0 aliphatic heterocycles. The highest BCUT2D eigenvalue weighted by Crippen LogP contribution is 2.23. The number of benzene rings is 1. The average Bonchev–Trinajstić information content (AvgIpc) is 3.18. The lowest BCUT2D eigenvalue weighted by Crippen LogP contribution is -2.15. The lowest BCUT2D eigenvalue weighted by molar-refractivity contribution is 0.102. The Hall–Kier alpha value is -2.47. The summed E-state index contributed by atoms with van der Waals surface area (Å²) in [5, 5.41) is 7.99. The van der Waals surface area contributed by atoms with Crippen LogP contribution in [-0.4, -0.2) is 20.7 Å². The van der Waals surface area contributed by atoms with E-state index >= 15 is 0 Å². The van der Waals surface area contributed by atoms with Crippen LogP contribution in [0.1, 0.15) is 46.0 Å². The number of nitrogens with zero attached hydrogens (tertiary/aromatic N) is 3. The minimum absolute atomic E-state index is 0.146. The van der Waals surface area contributed by atoms with Crippen molar-refractivity contribution < 1.29 is 4.79 Å². The second kappa shape index (κ2) is 7.61.